The fourth-order valence-corrected chi connectivity index (χ4v) is 2.15. The second-order valence-electron chi connectivity index (χ2n) is 6.13. The van der Waals surface area contributed by atoms with Gasteiger partial charge in [0, 0.05) is 5.41 Å². The van der Waals surface area contributed by atoms with Crippen LogP contribution in [0.2, 0.25) is 0 Å². The predicted molar refractivity (Wildman–Crippen MR) is 91.4 cm³/mol. The third-order valence-electron chi connectivity index (χ3n) is 3.71. The van der Waals surface area contributed by atoms with Crippen molar-refractivity contribution in [2.75, 3.05) is 6.61 Å². The van der Waals surface area contributed by atoms with Crippen molar-refractivity contribution in [3.05, 3.63) is 77.9 Å². The molecule has 0 spiro atoms. The van der Waals surface area contributed by atoms with Gasteiger partial charge in [-0.2, -0.15) is 0 Å². The normalized spacial score (nSPS) is 13.4. The van der Waals surface area contributed by atoms with Gasteiger partial charge in [-0.05, 0) is 11.1 Å². The third kappa shape index (κ3) is 4.83. The van der Waals surface area contributed by atoms with Gasteiger partial charge in [0.2, 0.25) is 0 Å². The van der Waals surface area contributed by atoms with E-state index in [1.165, 1.54) is 0 Å². The molecule has 0 heterocycles. The van der Waals surface area contributed by atoms with Gasteiger partial charge >= 0.3 is 0 Å². The van der Waals surface area contributed by atoms with E-state index in [0.717, 1.165) is 11.1 Å². The van der Waals surface area contributed by atoms with E-state index in [2.05, 4.69) is 12.1 Å². The number of ether oxygens (including phenoxy) is 1. The van der Waals surface area contributed by atoms with Crippen molar-refractivity contribution in [2.45, 2.75) is 26.6 Å². The van der Waals surface area contributed by atoms with Crippen LogP contribution in [0.15, 0.2) is 66.7 Å². The minimum Gasteiger partial charge on any atom is -0.396 e. The zero-order chi connectivity index (χ0) is 15.8. The Labute approximate surface area is 133 Å². The molecule has 116 valence electrons. The van der Waals surface area contributed by atoms with Crippen LogP contribution in [0.1, 0.15) is 25.0 Å². The Morgan fingerprint density at radius 2 is 1.59 bits per heavy atom. The van der Waals surface area contributed by atoms with E-state index in [-0.39, 0.29) is 18.1 Å². The zero-order valence-electron chi connectivity index (χ0n) is 13.3. The molecule has 0 fully saturated rings. The molecule has 0 aliphatic rings. The predicted octanol–water partition coefficient (Wildman–Crippen LogP) is 4.30. The van der Waals surface area contributed by atoms with E-state index in [1.807, 2.05) is 74.5 Å². The lowest BCUT2D eigenvalue weighted by molar-refractivity contribution is -0.0285. The van der Waals surface area contributed by atoms with Crippen molar-refractivity contribution in [3.63, 3.8) is 0 Å². The number of rotatable bonds is 7. The molecule has 22 heavy (non-hydrogen) atoms. The molecular formula is C20H24O2. The third-order valence-corrected chi connectivity index (χ3v) is 3.71. The summed E-state index contributed by atoms with van der Waals surface area (Å²) in [6.45, 7) is 4.63. The van der Waals surface area contributed by atoms with Gasteiger partial charge in [0.15, 0.2) is 0 Å². The van der Waals surface area contributed by atoms with Gasteiger partial charge < -0.3 is 9.84 Å². The maximum Gasteiger partial charge on any atom is 0.0836 e. The second kappa shape index (κ2) is 7.92. The Hall–Kier alpha value is -1.90. The van der Waals surface area contributed by atoms with Crippen LogP contribution in [0.4, 0.5) is 0 Å². The van der Waals surface area contributed by atoms with Crippen LogP contribution in [0.25, 0.3) is 6.08 Å². The maximum atomic E-state index is 9.64. The van der Waals surface area contributed by atoms with Crippen molar-refractivity contribution in [1.82, 2.24) is 0 Å². The number of benzene rings is 2. The summed E-state index contributed by atoms with van der Waals surface area (Å²) in [6.07, 6.45) is 3.93. The van der Waals surface area contributed by atoms with Crippen LogP contribution in [-0.4, -0.2) is 17.8 Å². The van der Waals surface area contributed by atoms with Gasteiger partial charge in [-0.3, -0.25) is 0 Å². The molecule has 2 heteroatoms. The molecule has 0 aliphatic heterocycles. The molecular weight excluding hydrogens is 272 g/mol. The molecule has 2 rings (SSSR count). The van der Waals surface area contributed by atoms with Crippen molar-refractivity contribution < 1.29 is 9.84 Å². The second-order valence-corrected chi connectivity index (χ2v) is 6.13. The van der Waals surface area contributed by atoms with E-state index < -0.39 is 0 Å². The highest BCUT2D eigenvalue weighted by molar-refractivity contribution is 5.49. The molecule has 2 nitrogen and oxygen atoms in total. The number of hydrogen-bond acceptors (Lipinski definition) is 2. The Balaban J connectivity index is 2.08. The van der Waals surface area contributed by atoms with Gasteiger partial charge in [0.05, 0.1) is 19.3 Å². The van der Waals surface area contributed by atoms with Crippen molar-refractivity contribution in [1.29, 1.82) is 0 Å². The first-order chi connectivity index (χ1) is 10.6. The molecule has 0 bridgehead atoms. The van der Waals surface area contributed by atoms with Gasteiger partial charge in [0.1, 0.15) is 0 Å². The summed E-state index contributed by atoms with van der Waals surface area (Å²) in [6, 6.07) is 20.2. The summed E-state index contributed by atoms with van der Waals surface area (Å²) >= 11 is 0. The molecule has 0 amide bonds. The topological polar surface area (TPSA) is 29.5 Å². The number of aliphatic hydroxyl groups excluding tert-OH is 1. The van der Waals surface area contributed by atoms with Gasteiger partial charge in [-0.1, -0.05) is 86.7 Å². The highest BCUT2D eigenvalue weighted by atomic mass is 16.5. The van der Waals surface area contributed by atoms with Crippen molar-refractivity contribution in [3.8, 4) is 0 Å². The van der Waals surface area contributed by atoms with E-state index in [4.69, 9.17) is 4.74 Å². The lowest BCUT2D eigenvalue weighted by Crippen LogP contribution is -2.33. The fourth-order valence-electron chi connectivity index (χ4n) is 2.15. The molecule has 1 unspecified atom stereocenters. The van der Waals surface area contributed by atoms with Crippen LogP contribution >= 0.6 is 0 Å². The summed E-state index contributed by atoms with van der Waals surface area (Å²) in [5, 5.41) is 9.64. The molecule has 2 aromatic carbocycles. The average Bonchev–Trinajstić information content (AvgIpc) is 2.56. The van der Waals surface area contributed by atoms with E-state index in [1.54, 1.807) is 0 Å². The highest BCUT2D eigenvalue weighted by Gasteiger charge is 2.27. The molecule has 0 aliphatic carbocycles. The first-order valence-electron chi connectivity index (χ1n) is 7.61. The van der Waals surface area contributed by atoms with Gasteiger partial charge in [-0.15, -0.1) is 0 Å². The number of aliphatic hydroxyl groups is 1. The molecule has 0 saturated heterocycles. The molecule has 1 atom stereocenters. The van der Waals surface area contributed by atoms with Crippen molar-refractivity contribution >= 4 is 6.08 Å². The Bertz CT molecular complexity index is 573. The smallest absolute Gasteiger partial charge is 0.0836 e. The maximum absolute atomic E-state index is 9.64. The Morgan fingerprint density at radius 3 is 2.18 bits per heavy atom. The van der Waals surface area contributed by atoms with Crippen LogP contribution in [0.3, 0.4) is 0 Å². The summed E-state index contributed by atoms with van der Waals surface area (Å²) in [7, 11) is 0. The summed E-state index contributed by atoms with van der Waals surface area (Å²) in [5.41, 5.74) is 1.93. The standard InChI is InChI=1S/C20H24O2/c1-20(2,16-21)19(14-13-17-9-5-3-6-10-17)22-15-18-11-7-4-8-12-18/h3-14,19,21H,15-16H2,1-2H3. The molecule has 0 aromatic heterocycles. The van der Waals surface area contributed by atoms with Gasteiger partial charge in [-0.25, -0.2) is 0 Å². The van der Waals surface area contributed by atoms with Crippen molar-refractivity contribution in [2.24, 2.45) is 5.41 Å². The zero-order valence-corrected chi connectivity index (χ0v) is 13.3. The van der Waals surface area contributed by atoms with E-state index >= 15 is 0 Å². The first kappa shape index (κ1) is 16.5. The number of hydrogen-bond donors (Lipinski definition) is 1. The lowest BCUT2D eigenvalue weighted by atomic mass is 9.87. The molecule has 1 N–H and O–H groups in total. The van der Waals surface area contributed by atoms with Gasteiger partial charge in [0.25, 0.3) is 0 Å². The Morgan fingerprint density at radius 1 is 1.00 bits per heavy atom. The van der Waals surface area contributed by atoms with Crippen LogP contribution in [-0.2, 0) is 11.3 Å². The fraction of sp³-hybridized carbons (Fsp3) is 0.300. The monoisotopic (exact) mass is 296 g/mol. The minimum absolute atomic E-state index is 0.0750. The van der Waals surface area contributed by atoms with Crippen LogP contribution < -0.4 is 0 Å². The van der Waals surface area contributed by atoms with Crippen LogP contribution in [0.5, 0.6) is 0 Å². The summed E-state index contributed by atoms with van der Waals surface area (Å²) in [4.78, 5) is 0. The SMILES string of the molecule is CC(C)(CO)C(C=Cc1ccccc1)OCc1ccccc1. The Kier molecular flexibility index (Phi) is 5.93. The summed E-state index contributed by atoms with van der Waals surface area (Å²) < 4.78 is 6.06. The quantitative estimate of drug-likeness (QED) is 0.825. The lowest BCUT2D eigenvalue weighted by Gasteiger charge is -2.30. The summed E-state index contributed by atoms with van der Waals surface area (Å²) in [5.74, 6) is 0. The first-order valence-corrected chi connectivity index (χ1v) is 7.61. The van der Waals surface area contributed by atoms with Crippen LogP contribution in [0, 0.1) is 5.41 Å². The van der Waals surface area contributed by atoms with E-state index in [9.17, 15) is 5.11 Å². The largest absolute Gasteiger partial charge is 0.396 e. The molecule has 0 saturated carbocycles. The average molecular weight is 296 g/mol. The van der Waals surface area contributed by atoms with E-state index in [0.29, 0.717) is 6.61 Å². The minimum atomic E-state index is -0.333. The molecule has 0 radical (unpaired) electrons. The highest BCUT2D eigenvalue weighted by Crippen LogP contribution is 2.25. The molecule has 2 aromatic rings.